The van der Waals surface area contributed by atoms with Crippen molar-refractivity contribution in [2.24, 2.45) is 5.41 Å². The van der Waals surface area contributed by atoms with E-state index in [2.05, 4.69) is 10.3 Å². The van der Waals surface area contributed by atoms with Crippen LogP contribution in [-0.4, -0.2) is 23.2 Å². The molecule has 0 aliphatic heterocycles. The summed E-state index contributed by atoms with van der Waals surface area (Å²) in [5.41, 5.74) is 1.34. The first-order valence-electron chi connectivity index (χ1n) is 6.48. The quantitative estimate of drug-likeness (QED) is 0.824. The van der Waals surface area contributed by atoms with Gasteiger partial charge in [-0.2, -0.15) is 0 Å². The van der Waals surface area contributed by atoms with Crippen LogP contribution in [0.2, 0.25) is 0 Å². The van der Waals surface area contributed by atoms with E-state index >= 15 is 0 Å². The van der Waals surface area contributed by atoms with E-state index in [1.165, 1.54) is 0 Å². The molecule has 19 heavy (non-hydrogen) atoms. The number of aromatic amines is 1. The predicted molar refractivity (Wildman–Crippen MR) is 73.0 cm³/mol. The van der Waals surface area contributed by atoms with E-state index in [9.17, 15) is 9.59 Å². The van der Waals surface area contributed by atoms with Crippen LogP contribution in [0.1, 0.15) is 30.1 Å². The Morgan fingerprint density at radius 2 is 2.05 bits per heavy atom. The van der Waals surface area contributed by atoms with Gasteiger partial charge in [0.25, 0.3) is 0 Å². The summed E-state index contributed by atoms with van der Waals surface area (Å²) >= 11 is 0. The monoisotopic (exact) mass is 256 g/mol. The molecular weight excluding hydrogens is 240 g/mol. The van der Waals surface area contributed by atoms with Gasteiger partial charge in [-0.25, -0.2) is 0 Å². The normalized spacial score (nSPS) is 16.3. The average molecular weight is 256 g/mol. The van der Waals surface area contributed by atoms with Crippen LogP contribution >= 0.6 is 0 Å². The number of ketones is 1. The summed E-state index contributed by atoms with van der Waals surface area (Å²) in [6.07, 6.45) is 3.54. The number of benzene rings is 1. The largest absolute Gasteiger partial charge is 0.360 e. The summed E-state index contributed by atoms with van der Waals surface area (Å²) in [7, 11) is 0. The summed E-state index contributed by atoms with van der Waals surface area (Å²) < 4.78 is 0. The molecule has 98 valence electrons. The Labute approximate surface area is 111 Å². The van der Waals surface area contributed by atoms with Gasteiger partial charge < -0.3 is 10.3 Å². The fourth-order valence-corrected chi connectivity index (χ4v) is 2.19. The molecule has 1 amide bonds. The lowest BCUT2D eigenvalue weighted by molar-refractivity contribution is -0.125. The number of rotatable bonds is 4. The fourth-order valence-electron chi connectivity index (χ4n) is 2.19. The van der Waals surface area contributed by atoms with Crippen LogP contribution in [0.4, 0.5) is 0 Å². The van der Waals surface area contributed by atoms with Gasteiger partial charge in [0, 0.05) is 28.1 Å². The second kappa shape index (κ2) is 4.23. The van der Waals surface area contributed by atoms with Crippen molar-refractivity contribution in [1.29, 1.82) is 0 Å². The molecule has 0 atom stereocenters. The van der Waals surface area contributed by atoms with E-state index in [1.54, 1.807) is 6.20 Å². The molecule has 1 fully saturated rings. The third kappa shape index (κ3) is 2.14. The lowest BCUT2D eigenvalue weighted by Gasteiger charge is -2.08. The van der Waals surface area contributed by atoms with Crippen molar-refractivity contribution in [1.82, 2.24) is 10.3 Å². The molecule has 0 unspecified atom stereocenters. The number of amides is 1. The summed E-state index contributed by atoms with van der Waals surface area (Å²) in [5.74, 6) is -0.0734. The summed E-state index contributed by atoms with van der Waals surface area (Å²) in [4.78, 5) is 27.0. The molecule has 1 aliphatic rings. The number of para-hydroxylation sites is 1. The zero-order chi connectivity index (χ0) is 13.5. The first-order valence-corrected chi connectivity index (χ1v) is 6.48. The van der Waals surface area contributed by atoms with E-state index in [1.807, 2.05) is 31.2 Å². The predicted octanol–water partition coefficient (Wildman–Crippen LogP) is 2.27. The molecule has 1 aromatic heterocycles. The number of carbonyl (C=O) groups excluding carboxylic acids is 2. The molecule has 0 bridgehead atoms. The third-order valence-electron chi connectivity index (χ3n) is 3.85. The first kappa shape index (κ1) is 12.0. The van der Waals surface area contributed by atoms with Crippen LogP contribution in [0, 0.1) is 5.41 Å². The van der Waals surface area contributed by atoms with E-state index in [-0.39, 0.29) is 23.7 Å². The Hall–Kier alpha value is -2.10. The molecule has 0 spiro atoms. The van der Waals surface area contributed by atoms with Crippen molar-refractivity contribution in [3.8, 4) is 0 Å². The molecule has 3 rings (SSSR count). The van der Waals surface area contributed by atoms with E-state index in [0.717, 1.165) is 23.7 Å². The van der Waals surface area contributed by atoms with Crippen molar-refractivity contribution in [3.63, 3.8) is 0 Å². The number of carbonyl (C=O) groups is 2. The molecule has 0 saturated heterocycles. The molecule has 4 nitrogen and oxygen atoms in total. The van der Waals surface area contributed by atoms with Crippen LogP contribution in [0.15, 0.2) is 30.5 Å². The molecule has 0 radical (unpaired) electrons. The number of aromatic nitrogens is 1. The molecule has 1 aromatic carbocycles. The standard InChI is InChI=1S/C15H16N2O2/c1-15(6-7-15)14(19)17-9-13(18)11-8-16-12-5-3-2-4-10(11)12/h2-5,8,16H,6-7,9H2,1H3,(H,17,19). The molecule has 1 saturated carbocycles. The van der Waals surface area contributed by atoms with E-state index < -0.39 is 0 Å². The highest BCUT2D eigenvalue weighted by molar-refractivity contribution is 6.09. The zero-order valence-corrected chi connectivity index (χ0v) is 10.8. The second-order valence-corrected chi connectivity index (χ2v) is 5.41. The number of nitrogens with one attached hydrogen (secondary N) is 2. The van der Waals surface area contributed by atoms with Crippen LogP contribution in [0.5, 0.6) is 0 Å². The number of hydrogen-bond acceptors (Lipinski definition) is 2. The maximum atomic E-state index is 12.1. The van der Waals surface area contributed by atoms with Crippen molar-refractivity contribution in [3.05, 3.63) is 36.0 Å². The topological polar surface area (TPSA) is 62.0 Å². The SMILES string of the molecule is CC1(C(=O)NCC(=O)c2c[nH]c3ccccc23)CC1. The van der Waals surface area contributed by atoms with Crippen molar-refractivity contribution >= 4 is 22.6 Å². The molecule has 1 aliphatic carbocycles. The molecule has 4 heteroatoms. The van der Waals surface area contributed by atoms with E-state index in [4.69, 9.17) is 0 Å². The van der Waals surface area contributed by atoms with Gasteiger partial charge in [0.2, 0.25) is 5.91 Å². The summed E-state index contributed by atoms with van der Waals surface area (Å²) in [6, 6.07) is 7.65. The Kier molecular flexibility index (Phi) is 2.66. The second-order valence-electron chi connectivity index (χ2n) is 5.41. The highest BCUT2D eigenvalue weighted by Gasteiger charge is 2.44. The minimum Gasteiger partial charge on any atom is -0.360 e. The number of hydrogen-bond donors (Lipinski definition) is 2. The summed E-state index contributed by atoms with van der Waals surface area (Å²) in [5, 5.41) is 3.64. The maximum Gasteiger partial charge on any atom is 0.226 e. The lowest BCUT2D eigenvalue weighted by Crippen LogP contribution is -2.34. The van der Waals surface area contributed by atoms with Gasteiger partial charge in [0.15, 0.2) is 5.78 Å². The fraction of sp³-hybridized carbons (Fsp3) is 0.333. The van der Waals surface area contributed by atoms with Gasteiger partial charge in [-0.3, -0.25) is 9.59 Å². The lowest BCUT2D eigenvalue weighted by atomic mass is 10.1. The van der Waals surface area contributed by atoms with Gasteiger partial charge in [0.1, 0.15) is 0 Å². The number of fused-ring (bicyclic) bond motifs is 1. The maximum absolute atomic E-state index is 12.1. The average Bonchev–Trinajstić information content (AvgIpc) is 3.03. The van der Waals surface area contributed by atoms with Gasteiger partial charge in [-0.1, -0.05) is 25.1 Å². The smallest absolute Gasteiger partial charge is 0.226 e. The van der Waals surface area contributed by atoms with Crippen LogP contribution in [-0.2, 0) is 4.79 Å². The third-order valence-corrected chi connectivity index (χ3v) is 3.85. The Morgan fingerprint density at radius 3 is 2.79 bits per heavy atom. The van der Waals surface area contributed by atoms with E-state index in [0.29, 0.717) is 5.56 Å². The van der Waals surface area contributed by atoms with Crippen LogP contribution in [0.3, 0.4) is 0 Å². The molecular formula is C15H16N2O2. The minimum absolute atomic E-state index is 0.0132. The Bertz CT molecular complexity index is 653. The molecule has 2 aromatic rings. The zero-order valence-electron chi connectivity index (χ0n) is 10.8. The highest BCUT2D eigenvalue weighted by Crippen LogP contribution is 2.44. The van der Waals surface area contributed by atoms with Crippen LogP contribution < -0.4 is 5.32 Å². The Balaban J connectivity index is 1.72. The van der Waals surface area contributed by atoms with Crippen molar-refractivity contribution in [2.45, 2.75) is 19.8 Å². The number of Topliss-reactive ketones (excluding diaryl/α,β-unsaturated/α-hetero) is 1. The number of H-pyrrole nitrogens is 1. The molecule has 2 N–H and O–H groups in total. The van der Waals surface area contributed by atoms with Gasteiger partial charge >= 0.3 is 0 Å². The first-order chi connectivity index (χ1) is 9.10. The van der Waals surface area contributed by atoms with Crippen molar-refractivity contribution in [2.75, 3.05) is 6.54 Å². The van der Waals surface area contributed by atoms with Gasteiger partial charge in [0.05, 0.1) is 6.54 Å². The molecule has 1 heterocycles. The minimum atomic E-state index is -0.236. The van der Waals surface area contributed by atoms with Crippen molar-refractivity contribution < 1.29 is 9.59 Å². The summed E-state index contributed by atoms with van der Waals surface area (Å²) in [6.45, 7) is 1.99. The van der Waals surface area contributed by atoms with Crippen LogP contribution in [0.25, 0.3) is 10.9 Å². The van der Waals surface area contributed by atoms with Gasteiger partial charge in [-0.05, 0) is 18.9 Å². The Morgan fingerprint density at radius 1 is 1.32 bits per heavy atom. The van der Waals surface area contributed by atoms with Gasteiger partial charge in [-0.15, -0.1) is 0 Å². The highest BCUT2D eigenvalue weighted by atomic mass is 16.2.